The number of carbonyl (C=O) groups excluding carboxylic acids is 1. The highest BCUT2D eigenvalue weighted by Crippen LogP contribution is 2.31. The molecule has 0 unspecified atom stereocenters. The van der Waals surface area contributed by atoms with Gasteiger partial charge in [0, 0.05) is 39.8 Å². The zero-order valence-corrected chi connectivity index (χ0v) is 19.8. The number of benzene rings is 3. The van der Waals surface area contributed by atoms with Crippen molar-refractivity contribution in [3.63, 3.8) is 0 Å². The van der Waals surface area contributed by atoms with Gasteiger partial charge in [-0.2, -0.15) is 0 Å². The van der Waals surface area contributed by atoms with Crippen LogP contribution in [0, 0.1) is 12.7 Å². The predicted molar refractivity (Wildman–Crippen MR) is 134 cm³/mol. The maximum atomic E-state index is 13.7. The summed E-state index contributed by atoms with van der Waals surface area (Å²) in [4.78, 5) is 26.1. The van der Waals surface area contributed by atoms with Gasteiger partial charge in [0.2, 0.25) is 0 Å². The van der Waals surface area contributed by atoms with E-state index in [4.69, 9.17) is 16.3 Å². The number of fused-ring (bicyclic) bond motifs is 1. The Balaban J connectivity index is 1.62. The highest BCUT2D eigenvalue weighted by Gasteiger charge is 2.21. The number of rotatable bonds is 5. The summed E-state index contributed by atoms with van der Waals surface area (Å²) in [5.41, 5.74) is 3.57. The summed E-state index contributed by atoms with van der Waals surface area (Å²) in [5.74, 6) is 0.0318. The van der Waals surface area contributed by atoms with Gasteiger partial charge in [-0.3, -0.25) is 19.3 Å². The van der Waals surface area contributed by atoms with Gasteiger partial charge in [-0.1, -0.05) is 17.7 Å². The van der Waals surface area contributed by atoms with Gasteiger partial charge in [-0.25, -0.2) is 9.07 Å². The van der Waals surface area contributed by atoms with Gasteiger partial charge in [0.15, 0.2) is 0 Å². The van der Waals surface area contributed by atoms with Crippen LogP contribution in [0.15, 0.2) is 77.6 Å². The van der Waals surface area contributed by atoms with Gasteiger partial charge in [0.25, 0.3) is 11.5 Å². The summed E-state index contributed by atoms with van der Waals surface area (Å²) in [7, 11) is 1.58. The van der Waals surface area contributed by atoms with Crippen molar-refractivity contribution < 1.29 is 13.9 Å². The van der Waals surface area contributed by atoms with Crippen molar-refractivity contribution in [3.05, 3.63) is 117 Å². The highest BCUT2D eigenvalue weighted by atomic mass is 35.5. The molecule has 2 heterocycles. The number of aromatic amines is 1. The van der Waals surface area contributed by atoms with E-state index in [1.165, 1.54) is 22.9 Å². The van der Waals surface area contributed by atoms with Crippen molar-refractivity contribution in [2.45, 2.75) is 13.3 Å². The first-order valence-electron chi connectivity index (χ1n) is 10.9. The second-order valence-electron chi connectivity index (χ2n) is 8.21. The minimum Gasteiger partial charge on any atom is -0.497 e. The van der Waals surface area contributed by atoms with E-state index in [0.29, 0.717) is 34.1 Å². The Morgan fingerprint density at radius 1 is 1.06 bits per heavy atom. The van der Waals surface area contributed by atoms with Crippen molar-refractivity contribution in [2.24, 2.45) is 0 Å². The van der Waals surface area contributed by atoms with Crippen molar-refractivity contribution >= 4 is 28.4 Å². The lowest BCUT2D eigenvalue weighted by Gasteiger charge is -2.08. The van der Waals surface area contributed by atoms with Crippen LogP contribution < -0.4 is 10.3 Å². The number of nitrogens with one attached hydrogen (secondary N) is 1. The molecule has 0 aliphatic rings. The number of methoxy groups -OCH3 is 1. The zero-order valence-electron chi connectivity index (χ0n) is 19.0. The van der Waals surface area contributed by atoms with Crippen LogP contribution in [0.5, 0.6) is 5.75 Å². The summed E-state index contributed by atoms with van der Waals surface area (Å²) in [5, 5.41) is 4.45. The van der Waals surface area contributed by atoms with Crippen molar-refractivity contribution in [3.8, 4) is 11.4 Å². The van der Waals surface area contributed by atoms with Gasteiger partial charge >= 0.3 is 0 Å². The average Bonchev–Trinajstić information content (AvgIpc) is 3.35. The quantitative estimate of drug-likeness (QED) is 0.354. The van der Waals surface area contributed by atoms with Crippen LogP contribution >= 0.6 is 11.6 Å². The molecule has 0 spiro atoms. The fourth-order valence-electron chi connectivity index (χ4n) is 4.33. The largest absolute Gasteiger partial charge is 0.497 e. The number of halogens is 2. The molecule has 5 aromatic rings. The van der Waals surface area contributed by atoms with E-state index in [2.05, 4.69) is 5.10 Å². The number of carbonyl (C=O) groups is 1. The van der Waals surface area contributed by atoms with Gasteiger partial charge in [-0.05, 0) is 73.2 Å². The van der Waals surface area contributed by atoms with Crippen LogP contribution in [0.25, 0.3) is 16.6 Å². The molecule has 0 amide bonds. The van der Waals surface area contributed by atoms with Gasteiger partial charge in [0.05, 0.1) is 18.3 Å². The Morgan fingerprint density at radius 2 is 1.83 bits per heavy atom. The maximum Gasteiger partial charge on any atom is 0.271 e. The summed E-state index contributed by atoms with van der Waals surface area (Å²) in [6, 6.07) is 19.6. The first-order valence-corrected chi connectivity index (χ1v) is 11.3. The van der Waals surface area contributed by atoms with Crippen molar-refractivity contribution in [1.29, 1.82) is 0 Å². The third-order valence-corrected chi connectivity index (χ3v) is 6.30. The fraction of sp³-hybridized carbons (Fsp3) is 0.111. The first kappa shape index (κ1) is 22.7. The molecule has 0 saturated heterocycles. The van der Waals surface area contributed by atoms with Crippen molar-refractivity contribution in [2.75, 3.05) is 7.11 Å². The molecule has 0 fully saturated rings. The molecule has 35 heavy (non-hydrogen) atoms. The third kappa shape index (κ3) is 4.15. The molecule has 0 bridgehead atoms. The van der Waals surface area contributed by atoms with Crippen LogP contribution in [0.4, 0.5) is 4.39 Å². The summed E-state index contributed by atoms with van der Waals surface area (Å²) in [6.45, 7) is 1.87. The van der Waals surface area contributed by atoms with E-state index < -0.39 is 5.82 Å². The monoisotopic (exact) mass is 489 g/mol. The van der Waals surface area contributed by atoms with Crippen LogP contribution in [0.3, 0.4) is 0 Å². The highest BCUT2D eigenvalue weighted by molar-refractivity contribution is 6.30. The lowest BCUT2D eigenvalue weighted by molar-refractivity contribution is 0.0963. The maximum absolute atomic E-state index is 13.7. The SMILES string of the molecule is COc1ccc2c(c1)c(Cc1cc(=O)n(-c3cccc(F)c3)[nH]1)c(C)n2C(=O)c1ccc(Cl)cc1. The van der Waals surface area contributed by atoms with Crippen LogP contribution in [-0.4, -0.2) is 27.4 Å². The summed E-state index contributed by atoms with van der Waals surface area (Å²) >= 11 is 6.00. The van der Waals surface area contributed by atoms with Crippen LogP contribution in [0.1, 0.15) is 27.3 Å². The molecule has 3 aromatic carbocycles. The molecule has 6 nitrogen and oxygen atoms in total. The lowest BCUT2D eigenvalue weighted by atomic mass is 10.1. The number of nitrogens with zero attached hydrogens (tertiary/aromatic N) is 2. The Kier molecular flexibility index (Phi) is 5.78. The zero-order chi connectivity index (χ0) is 24.7. The van der Waals surface area contributed by atoms with Crippen molar-refractivity contribution in [1.82, 2.24) is 14.3 Å². The number of hydrogen-bond acceptors (Lipinski definition) is 3. The Morgan fingerprint density at radius 3 is 2.54 bits per heavy atom. The Bertz CT molecular complexity index is 1630. The summed E-state index contributed by atoms with van der Waals surface area (Å²) < 4.78 is 22.1. The van der Waals surface area contributed by atoms with Gasteiger partial charge in [-0.15, -0.1) is 0 Å². The van der Waals surface area contributed by atoms with Gasteiger partial charge in [0.1, 0.15) is 11.6 Å². The Hall–Kier alpha value is -4.10. The minimum atomic E-state index is -0.433. The van der Waals surface area contributed by atoms with Crippen LogP contribution in [-0.2, 0) is 6.42 Å². The standard InChI is InChI=1S/C27H21ClFN3O3/c1-16-23(13-20-14-26(33)32(30-20)21-5-3-4-19(29)12-21)24-15-22(35-2)10-11-25(24)31(16)27(34)17-6-8-18(28)9-7-17/h3-12,14-15,30H,13H2,1-2H3. The second-order valence-corrected chi connectivity index (χ2v) is 8.64. The molecule has 0 saturated carbocycles. The normalized spacial score (nSPS) is 11.2. The van der Waals surface area contributed by atoms with Crippen LogP contribution in [0.2, 0.25) is 5.02 Å². The Labute approximate surface area is 205 Å². The van der Waals surface area contributed by atoms with E-state index in [0.717, 1.165) is 22.2 Å². The van der Waals surface area contributed by atoms with E-state index in [1.807, 2.05) is 19.1 Å². The molecule has 0 radical (unpaired) electrons. The molecule has 5 rings (SSSR count). The van der Waals surface area contributed by atoms with E-state index in [9.17, 15) is 14.0 Å². The molecule has 2 aromatic heterocycles. The number of aromatic nitrogens is 3. The molecular weight excluding hydrogens is 469 g/mol. The molecule has 0 atom stereocenters. The topological polar surface area (TPSA) is 69.0 Å². The lowest BCUT2D eigenvalue weighted by Crippen LogP contribution is -2.13. The second kappa shape index (κ2) is 8.92. The molecule has 176 valence electrons. The smallest absolute Gasteiger partial charge is 0.271 e. The molecule has 1 N–H and O–H groups in total. The predicted octanol–water partition coefficient (Wildman–Crippen LogP) is 5.51. The fourth-order valence-corrected chi connectivity index (χ4v) is 4.45. The molecule has 0 aliphatic heterocycles. The van der Waals surface area contributed by atoms with E-state index >= 15 is 0 Å². The van der Waals surface area contributed by atoms with E-state index in [-0.39, 0.29) is 11.5 Å². The van der Waals surface area contributed by atoms with Gasteiger partial charge < -0.3 is 4.74 Å². The minimum absolute atomic E-state index is 0.189. The third-order valence-electron chi connectivity index (χ3n) is 6.04. The summed E-state index contributed by atoms with van der Waals surface area (Å²) in [6.07, 6.45) is 0.355. The number of hydrogen-bond donors (Lipinski definition) is 1. The van der Waals surface area contributed by atoms with E-state index in [1.54, 1.807) is 54.1 Å². The molecular formula is C27H21ClFN3O3. The number of ether oxygens (including phenoxy) is 1. The molecule has 8 heteroatoms. The molecule has 0 aliphatic carbocycles. The average molecular weight is 490 g/mol. The first-order chi connectivity index (χ1) is 16.9. The number of H-pyrrole nitrogens is 1.